The van der Waals surface area contributed by atoms with Crippen molar-refractivity contribution in [1.29, 1.82) is 0 Å². The Labute approximate surface area is 157 Å². The molecule has 8 heteroatoms. The van der Waals surface area contributed by atoms with E-state index in [1.165, 1.54) is 0 Å². The van der Waals surface area contributed by atoms with Gasteiger partial charge in [-0.3, -0.25) is 0 Å². The third-order valence-corrected chi connectivity index (χ3v) is 4.84. The second kappa shape index (κ2) is 7.69. The molecule has 0 saturated carbocycles. The van der Waals surface area contributed by atoms with Crippen LogP contribution in [0.4, 0.5) is 10.7 Å². The number of nitrogens with zero attached hydrogens (tertiary/aromatic N) is 3. The quantitative estimate of drug-likeness (QED) is 0.859. The van der Waals surface area contributed by atoms with Crippen molar-refractivity contribution >= 4 is 12.0 Å². The Balaban J connectivity index is 1.32. The lowest BCUT2D eigenvalue weighted by Crippen LogP contribution is -2.51. The molecule has 1 fully saturated rings. The molecule has 2 aliphatic heterocycles. The summed E-state index contributed by atoms with van der Waals surface area (Å²) in [6, 6.07) is 7.25. The van der Waals surface area contributed by atoms with Crippen molar-refractivity contribution in [1.82, 2.24) is 20.6 Å². The largest absolute Gasteiger partial charge is 0.454 e. The Morgan fingerprint density at radius 3 is 2.93 bits per heavy atom. The van der Waals surface area contributed by atoms with Crippen molar-refractivity contribution in [2.75, 3.05) is 24.8 Å². The van der Waals surface area contributed by atoms with Gasteiger partial charge in [0.1, 0.15) is 0 Å². The second-order valence-corrected chi connectivity index (χ2v) is 6.79. The highest BCUT2D eigenvalue weighted by Gasteiger charge is 2.24. The molecule has 1 aromatic heterocycles. The van der Waals surface area contributed by atoms with Crippen LogP contribution in [0.2, 0.25) is 0 Å². The number of ether oxygens (including phenoxy) is 2. The van der Waals surface area contributed by atoms with Gasteiger partial charge in [-0.1, -0.05) is 6.07 Å². The van der Waals surface area contributed by atoms with Crippen LogP contribution in [0.5, 0.6) is 11.5 Å². The second-order valence-electron chi connectivity index (χ2n) is 6.79. The van der Waals surface area contributed by atoms with E-state index in [2.05, 4.69) is 25.5 Å². The zero-order valence-electron chi connectivity index (χ0n) is 15.2. The molecule has 0 aliphatic carbocycles. The van der Waals surface area contributed by atoms with Crippen LogP contribution in [0.1, 0.15) is 31.4 Å². The monoisotopic (exact) mass is 369 g/mol. The molecule has 0 unspecified atom stereocenters. The first-order chi connectivity index (χ1) is 13.2. The Hall–Kier alpha value is -3.03. The molecule has 1 saturated heterocycles. The van der Waals surface area contributed by atoms with Crippen molar-refractivity contribution in [2.45, 2.75) is 31.8 Å². The highest BCUT2D eigenvalue weighted by molar-refractivity contribution is 5.75. The van der Waals surface area contributed by atoms with Crippen LogP contribution >= 0.6 is 0 Å². The first-order valence-corrected chi connectivity index (χ1v) is 9.17. The normalized spacial score (nSPS) is 19.4. The Kier molecular flexibility index (Phi) is 4.95. The van der Waals surface area contributed by atoms with Gasteiger partial charge in [-0.25, -0.2) is 14.8 Å². The molecule has 4 rings (SSSR count). The summed E-state index contributed by atoms with van der Waals surface area (Å²) < 4.78 is 10.7. The van der Waals surface area contributed by atoms with Crippen LogP contribution < -0.4 is 25.0 Å². The molecular formula is C19H23N5O3. The number of nitrogens with one attached hydrogen (secondary N) is 2. The molecule has 8 nitrogen and oxygen atoms in total. The molecule has 2 atom stereocenters. The van der Waals surface area contributed by atoms with Gasteiger partial charge in [0, 0.05) is 31.5 Å². The number of hydrogen-bond donors (Lipinski definition) is 2. The Morgan fingerprint density at radius 1 is 1.26 bits per heavy atom. The van der Waals surface area contributed by atoms with Crippen LogP contribution in [0.3, 0.4) is 0 Å². The molecule has 27 heavy (non-hydrogen) atoms. The number of hydrogen-bond acceptors (Lipinski definition) is 6. The topological polar surface area (TPSA) is 88.6 Å². The smallest absolute Gasteiger partial charge is 0.315 e. The van der Waals surface area contributed by atoms with Crippen molar-refractivity contribution in [2.24, 2.45) is 0 Å². The number of urea groups is 1. The van der Waals surface area contributed by atoms with Crippen LogP contribution in [0.25, 0.3) is 0 Å². The summed E-state index contributed by atoms with van der Waals surface area (Å²) in [5.41, 5.74) is 0.970. The summed E-state index contributed by atoms with van der Waals surface area (Å²) in [6.45, 7) is 3.79. The average Bonchev–Trinajstić information content (AvgIpc) is 3.16. The summed E-state index contributed by atoms with van der Waals surface area (Å²) in [7, 11) is 0. The van der Waals surface area contributed by atoms with Gasteiger partial charge in [0.25, 0.3) is 0 Å². The third kappa shape index (κ3) is 4.05. The van der Waals surface area contributed by atoms with Crippen LogP contribution in [0, 0.1) is 0 Å². The lowest BCUT2D eigenvalue weighted by atomic mass is 10.1. The molecule has 142 valence electrons. The average molecular weight is 369 g/mol. The summed E-state index contributed by atoms with van der Waals surface area (Å²) in [5, 5.41) is 6.06. The lowest BCUT2D eigenvalue weighted by molar-refractivity contribution is 0.174. The maximum atomic E-state index is 12.4. The number of piperidine rings is 1. The van der Waals surface area contributed by atoms with E-state index in [0.717, 1.165) is 30.7 Å². The summed E-state index contributed by atoms with van der Waals surface area (Å²) in [4.78, 5) is 23.1. The predicted octanol–water partition coefficient (Wildman–Crippen LogP) is 2.23. The molecule has 3 heterocycles. The fraction of sp³-hybridized carbons (Fsp3) is 0.421. The van der Waals surface area contributed by atoms with Crippen LogP contribution in [0.15, 0.2) is 36.7 Å². The Morgan fingerprint density at radius 2 is 2.07 bits per heavy atom. The minimum Gasteiger partial charge on any atom is -0.454 e. The summed E-state index contributed by atoms with van der Waals surface area (Å²) >= 11 is 0. The van der Waals surface area contributed by atoms with E-state index in [0.29, 0.717) is 18.2 Å². The summed E-state index contributed by atoms with van der Waals surface area (Å²) in [6.07, 6.45) is 5.40. The zero-order chi connectivity index (χ0) is 18.6. The fourth-order valence-corrected chi connectivity index (χ4v) is 3.42. The molecule has 0 bridgehead atoms. The number of benzene rings is 1. The van der Waals surface area contributed by atoms with E-state index in [1.807, 2.05) is 25.1 Å². The number of aromatic nitrogens is 2. The fourth-order valence-electron chi connectivity index (χ4n) is 3.42. The number of anilines is 1. The minimum atomic E-state index is -0.180. The van der Waals surface area contributed by atoms with E-state index in [9.17, 15) is 4.79 Å². The van der Waals surface area contributed by atoms with Gasteiger partial charge in [0.2, 0.25) is 12.7 Å². The molecule has 2 amide bonds. The van der Waals surface area contributed by atoms with E-state index in [4.69, 9.17) is 9.47 Å². The maximum absolute atomic E-state index is 12.4. The van der Waals surface area contributed by atoms with Gasteiger partial charge in [0.05, 0.1) is 6.04 Å². The van der Waals surface area contributed by atoms with Gasteiger partial charge >= 0.3 is 6.03 Å². The third-order valence-electron chi connectivity index (χ3n) is 4.84. The van der Waals surface area contributed by atoms with Crippen LogP contribution in [-0.4, -0.2) is 41.9 Å². The number of rotatable bonds is 4. The SMILES string of the molecule is C[C@@H](NC(=O)N[C@H]1CCCN(c2ncccn2)C1)c1ccc2c(c1)OCO2. The number of carbonyl (C=O) groups excluding carboxylic acids is 1. The first kappa shape index (κ1) is 17.4. The maximum Gasteiger partial charge on any atom is 0.315 e. The highest BCUT2D eigenvalue weighted by Crippen LogP contribution is 2.34. The molecule has 2 aromatic rings. The molecule has 1 aromatic carbocycles. The molecule has 2 aliphatic rings. The van der Waals surface area contributed by atoms with Gasteiger partial charge in [0.15, 0.2) is 11.5 Å². The van der Waals surface area contributed by atoms with Gasteiger partial charge < -0.3 is 25.0 Å². The lowest BCUT2D eigenvalue weighted by Gasteiger charge is -2.33. The Bertz CT molecular complexity index is 801. The van der Waals surface area contributed by atoms with Gasteiger partial charge in [-0.05, 0) is 43.5 Å². The summed E-state index contributed by atoms with van der Waals surface area (Å²) in [5.74, 6) is 2.16. The van der Waals surface area contributed by atoms with Gasteiger partial charge in [-0.15, -0.1) is 0 Å². The van der Waals surface area contributed by atoms with Crippen molar-refractivity contribution in [3.8, 4) is 11.5 Å². The van der Waals surface area contributed by atoms with E-state index in [-0.39, 0.29) is 24.9 Å². The number of fused-ring (bicyclic) bond motifs is 1. The number of carbonyl (C=O) groups is 1. The molecule has 2 N–H and O–H groups in total. The molecular weight excluding hydrogens is 346 g/mol. The van der Waals surface area contributed by atoms with Crippen molar-refractivity contribution < 1.29 is 14.3 Å². The van der Waals surface area contributed by atoms with Crippen LogP contribution in [-0.2, 0) is 0 Å². The van der Waals surface area contributed by atoms with E-state index < -0.39 is 0 Å². The highest BCUT2D eigenvalue weighted by atomic mass is 16.7. The zero-order valence-corrected chi connectivity index (χ0v) is 15.2. The van der Waals surface area contributed by atoms with Crippen molar-refractivity contribution in [3.63, 3.8) is 0 Å². The van der Waals surface area contributed by atoms with Crippen molar-refractivity contribution in [3.05, 3.63) is 42.2 Å². The van der Waals surface area contributed by atoms with E-state index in [1.54, 1.807) is 18.5 Å². The molecule has 0 radical (unpaired) electrons. The molecule has 0 spiro atoms. The standard InChI is InChI=1S/C19H23N5O3/c1-13(14-5-6-16-17(10-14)27-12-26-16)22-19(25)23-15-4-2-9-24(11-15)18-20-7-3-8-21-18/h3,5-8,10,13,15H,2,4,9,11-12H2,1H3,(H2,22,23,25)/t13-,15+/m1/s1. The van der Waals surface area contributed by atoms with Gasteiger partial charge in [-0.2, -0.15) is 0 Å². The van der Waals surface area contributed by atoms with E-state index >= 15 is 0 Å². The first-order valence-electron chi connectivity index (χ1n) is 9.17. The predicted molar refractivity (Wildman–Crippen MR) is 99.9 cm³/mol. The minimum absolute atomic E-state index is 0.0616. The number of amides is 2.